The van der Waals surface area contributed by atoms with Gasteiger partial charge >= 0.3 is 0 Å². The molecule has 2 aromatic rings. The molecular weight excluding hydrogens is 381 g/mol. The highest BCUT2D eigenvalue weighted by molar-refractivity contribution is 5.94. The molecule has 30 heavy (non-hydrogen) atoms. The number of benzene rings is 2. The number of carbonyl (C=O) groups excluding carboxylic acids is 2. The molecule has 5 nitrogen and oxygen atoms in total. The van der Waals surface area contributed by atoms with Gasteiger partial charge in [0.2, 0.25) is 5.91 Å². The van der Waals surface area contributed by atoms with Crippen molar-refractivity contribution in [2.75, 3.05) is 27.2 Å². The second-order valence-electron chi connectivity index (χ2n) is 8.31. The molecule has 2 aromatic carbocycles. The van der Waals surface area contributed by atoms with Crippen LogP contribution in [0.3, 0.4) is 0 Å². The van der Waals surface area contributed by atoms with E-state index in [1.54, 1.807) is 13.0 Å². The van der Waals surface area contributed by atoms with Gasteiger partial charge in [-0.25, -0.2) is 4.39 Å². The Labute approximate surface area is 177 Å². The van der Waals surface area contributed by atoms with E-state index in [0.29, 0.717) is 43.6 Å². The fourth-order valence-electron chi connectivity index (χ4n) is 3.78. The van der Waals surface area contributed by atoms with Gasteiger partial charge in [0, 0.05) is 37.7 Å². The van der Waals surface area contributed by atoms with Crippen LogP contribution in [-0.2, 0) is 17.9 Å². The second-order valence-corrected chi connectivity index (χ2v) is 8.31. The molecule has 1 aliphatic rings. The number of halogens is 1. The largest absolute Gasteiger partial charge is 0.352 e. The van der Waals surface area contributed by atoms with Gasteiger partial charge in [-0.3, -0.25) is 9.59 Å². The summed E-state index contributed by atoms with van der Waals surface area (Å²) in [6.45, 7) is 3.94. The lowest BCUT2D eigenvalue weighted by atomic mass is 9.95. The summed E-state index contributed by atoms with van der Waals surface area (Å²) in [6, 6.07) is 12.7. The third-order valence-electron chi connectivity index (χ3n) is 5.53. The van der Waals surface area contributed by atoms with Crippen molar-refractivity contribution in [2.45, 2.75) is 32.9 Å². The molecule has 1 heterocycles. The Bertz CT molecular complexity index is 905. The van der Waals surface area contributed by atoms with Crippen molar-refractivity contribution in [3.05, 3.63) is 70.5 Å². The first-order chi connectivity index (χ1) is 14.3. The van der Waals surface area contributed by atoms with E-state index in [9.17, 15) is 14.0 Å². The molecule has 1 saturated heterocycles. The molecule has 0 atom stereocenters. The minimum absolute atomic E-state index is 0.0181. The maximum atomic E-state index is 13.7. The molecule has 160 valence electrons. The van der Waals surface area contributed by atoms with E-state index < -0.39 is 0 Å². The third kappa shape index (κ3) is 5.66. The normalized spacial score (nSPS) is 14.8. The molecule has 0 spiro atoms. The number of aryl methyl sites for hydroxylation is 1. The SMILES string of the molecule is Cc1ccc(CNC(=O)C2CCN(C(=O)c3cccc(CN(C)C)c3)CC2)cc1F. The average Bonchev–Trinajstić information content (AvgIpc) is 2.73. The summed E-state index contributed by atoms with van der Waals surface area (Å²) < 4.78 is 13.7. The highest BCUT2D eigenvalue weighted by Crippen LogP contribution is 2.20. The van der Waals surface area contributed by atoms with E-state index in [-0.39, 0.29) is 23.5 Å². The van der Waals surface area contributed by atoms with Gasteiger partial charge in [0.15, 0.2) is 0 Å². The highest BCUT2D eigenvalue weighted by atomic mass is 19.1. The molecule has 0 saturated carbocycles. The monoisotopic (exact) mass is 411 g/mol. The van der Waals surface area contributed by atoms with Crippen LogP contribution >= 0.6 is 0 Å². The Kier molecular flexibility index (Phi) is 7.21. The summed E-state index contributed by atoms with van der Waals surface area (Å²) >= 11 is 0. The van der Waals surface area contributed by atoms with Crippen LogP contribution in [0, 0.1) is 18.7 Å². The molecule has 6 heteroatoms. The van der Waals surface area contributed by atoms with Gasteiger partial charge in [0.1, 0.15) is 5.82 Å². The maximum Gasteiger partial charge on any atom is 0.253 e. The van der Waals surface area contributed by atoms with Crippen LogP contribution in [0.4, 0.5) is 4.39 Å². The van der Waals surface area contributed by atoms with Crippen LogP contribution in [0.15, 0.2) is 42.5 Å². The van der Waals surface area contributed by atoms with Crippen LogP contribution in [0.2, 0.25) is 0 Å². The summed E-state index contributed by atoms with van der Waals surface area (Å²) in [7, 11) is 4.00. The Morgan fingerprint density at radius 2 is 1.83 bits per heavy atom. The zero-order valence-corrected chi connectivity index (χ0v) is 18.0. The van der Waals surface area contributed by atoms with Gasteiger partial charge in [-0.15, -0.1) is 0 Å². The van der Waals surface area contributed by atoms with Crippen LogP contribution in [0.5, 0.6) is 0 Å². The van der Waals surface area contributed by atoms with Gasteiger partial charge in [-0.1, -0.05) is 24.3 Å². The van der Waals surface area contributed by atoms with Crippen LogP contribution < -0.4 is 5.32 Å². The van der Waals surface area contributed by atoms with Crippen molar-refractivity contribution in [3.63, 3.8) is 0 Å². The topological polar surface area (TPSA) is 52.7 Å². The highest BCUT2D eigenvalue weighted by Gasteiger charge is 2.27. The smallest absolute Gasteiger partial charge is 0.253 e. The van der Waals surface area contributed by atoms with Crippen molar-refractivity contribution in [1.29, 1.82) is 0 Å². The van der Waals surface area contributed by atoms with Gasteiger partial charge in [0.05, 0.1) is 0 Å². The first-order valence-electron chi connectivity index (χ1n) is 10.4. The van der Waals surface area contributed by atoms with Crippen molar-refractivity contribution >= 4 is 11.8 Å². The number of nitrogens with one attached hydrogen (secondary N) is 1. The van der Waals surface area contributed by atoms with E-state index in [1.165, 1.54) is 6.07 Å². The number of likely N-dealkylation sites (tertiary alicyclic amines) is 1. The molecule has 2 amide bonds. The minimum atomic E-state index is -0.261. The molecule has 0 bridgehead atoms. The minimum Gasteiger partial charge on any atom is -0.352 e. The van der Waals surface area contributed by atoms with Gasteiger partial charge < -0.3 is 15.1 Å². The van der Waals surface area contributed by atoms with Gasteiger partial charge in [-0.05, 0) is 68.8 Å². The second kappa shape index (κ2) is 9.85. The summed E-state index contributed by atoms with van der Waals surface area (Å²) in [4.78, 5) is 29.3. The number of hydrogen-bond donors (Lipinski definition) is 1. The van der Waals surface area contributed by atoms with Crippen molar-refractivity contribution in [1.82, 2.24) is 15.1 Å². The fraction of sp³-hybridized carbons (Fsp3) is 0.417. The Morgan fingerprint density at radius 3 is 2.50 bits per heavy atom. The molecule has 0 aliphatic carbocycles. The van der Waals surface area contributed by atoms with Crippen LogP contribution in [0.1, 0.15) is 39.9 Å². The Morgan fingerprint density at radius 1 is 1.10 bits per heavy atom. The average molecular weight is 412 g/mol. The molecule has 1 fully saturated rings. The Hall–Kier alpha value is -2.73. The summed E-state index contributed by atoms with van der Waals surface area (Å²) in [5.41, 5.74) is 3.14. The number of piperidine rings is 1. The lowest BCUT2D eigenvalue weighted by Crippen LogP contribution is -2.43. The number of rotatable bonds is 6. The zero-order valence-electron chi connectivity index (χ0n) is 18.0. The lowest BCUT2D eigenvalue weighted by Gasteiger charge is -2.31. The Balaban J connectivity index is 1.50. The molecule has 0 aromatic heterocycles. The predicted molar refractivity (Wildman–Crippen MR) is 115 cm³/mol. The van der Waals surface area contributed by atoms with E-state index in [2.05, 4.69) is 10.2 Å². The summed E-state index contributed by atoms with van der Waals surface area (Å²) in [5, 5.41) is 2.90. The van der Waals surface area contributed by atoms with E-state index in [4.69, 9.17) is 0 Å². The first-order valence-corrected chi connectivity index (χ1v) is 10.4. The van der Waals surface area contributed by atoms with Crippen LogP contribution in [-0.4, -0.2) is 48.8 Å². The quantitative estimate of drug-likeness (QED) is 0.793. The van der Waals surface area contributed by atoms with Gasteiger partial charge in [0.25, 0.3) is 5.91 Å². The maximum absolute atomic E-state index is 13.7. The fourth-order valence-corrected chi connectivity index (χ4v) is 3.78. The third-order valence-corrected chi connectivity index (χ3v) is 5.53. The van der Waals surface area contributed by atoms with Crippen molar-refractivity contribution in [2.24, 2.45) is 5.92 Å². The lowest BCUT2D eigenvalue weighted by molar-refractivity contribution is -0.126. The zero-order chi connectivity index (χ0) is 21.7. The predicted octanol–water partition coefficient (Wildman–Crippen LogP) is 3.36. The van der Waals surface area contributed by atoms with Crippen molar-refractivity contribution in [3.8, 4) is 0 Å². The summed E-state index contributed by atoms with van der Waals surface area (Å²) in [6.07, 6.45) is 1.27. The number of amides is 2. The molecule has 1 aliphatic heterocycles. The van der Waals surface area contributed by atoms with E-state index in [0.717, 1.165) is 17.7 Å². The number of hydrogen-bond acceptors (Lipinski definition) is 3. The van der Waals surface area contributed by atoms with E-state index >= 15 is 0 Å². The molecule has 0 unspecified atom stereocenters. The van der Waals surface area contributed by atoms with Crippen molar-refractivity contribution < 1.29 is 14.0 Å². The summed E-state index contributed by atoms with van der Waals surface area (Å²) in [5.74, 6) is -0.395. The molecule has 3 rings (SSSR count). The standard InChI is InChI=1S/C24H30FN3O2/c1-17-7-8-18(14-22(17)25)15-26-23(29)20-9-11-28(12-10-20)24(30)21-6-4-5-19(13-21)16-27(2)3/h4-8,13-14,20H,9-12,15-16H2,1-3H3,(H,26,29). The first kappa shape index (κ1) is 22.0. The van der Waals surface area contributed by atoms with Gasteiger partial charge in [-0.2, -0.15) is 0 Å². The molecule has 0 radical (unpaired) electrons. The van der Waals surface area contributed by atoms with Crippen LogP contribution in [0.25, 0.3) is 0 Å². The number of nitrogens with zero attached hydrogens (tertiary/aromatic N) is 2. The molecular formula is C24H30FN3O2. The number of carbonyl (C=O) groups is 2. The molecule has 1 N–H and O–H groups in total. The van der Waals surface area contributed by atoms with E-state index in [1.807, 2.05) is 49.3 Å².